The highest BCUT2D eigenvalue weighted by Crippen LogP contribution is 2.29. The molecule has 0 aliphatic carbocycles. The normalized spacial score (nSPS) is 11.2. The lowest BCUT2D eigenvalue weighted by Gasteiger charge is -2.15. The van der Waals surface area contributed by atoms with Crippen LogP contribution in [0.2, 0.25) is 0 Å². The molecule has 0 unspecified atom stereocenters. The summed E-state index contributed by atoms with van der Waals surface area (Å²) in [6.45, 7) is 3.86. The fourth-order valence-corrected chi connectivity index (χ4v) is 3.64. The Kier molecular flexibility index (Phi) is 7.46. The van der Waals surface area contributed by atoms with Gasteiger partial charge in [-0.05, 0) is 49.7 Å². The fourth-order valence-electron chi connectivity index (χ4n) is 2.60. The van der Waals surface area contributed by atoms with Gasteiger partial charge >= 0.3 is 0 Å². The lowest BCUT2D eigenvalue weighted by atomic mass is 10.2. The maximum absolute atomic E-state index is 12.7. The van der Waals surface area contributed by atoms with Crippen LogP contribution in [-0.4, -0.2) is 41.7 Å². The molecule has 0 spiro atoms. The number of benzene rings is 2. The molecular formula is C20H26N2O6S. The summed E-state index contributed by atoms with van der Waals surface area (Å²) in [4.78, 5) is 12.0. The molecule has 2 rings (SSSR count). The van der Waals surface area contributed by atoms with Gasteiger partial charge in [-0.15, -0.1) is 0 Å². The first-order valence-corrected chi connectivity index (χ1v) is 10.4. The van der Waals surface area contributed by atoms with Crippen LogP contribution in [0.15, 0.2) is 41.3 Å². The summed E-state index contributed by atoms with van der Waals surface area (Å²) in [7, 11) is 0.538. The number of methoxy groups -OCH3 is 2. The van der Waals surface area contributed by atoms with E-state index < -0.39 is 15.9 Å². The number of sulfonamides is 1. The minimum absolute atomic E-state index is 0.0159. The third-order valence-electron chi connectivity index (χ3n) is 4.01. The summed E-state index contributed by atoms with van der Waals surface area (Å²) in [6, 6.07) is 9.31. The van der Waals surface area contributed by atoms with E-state index in [-0.39, 0.29) is 28.9 Å². The molecule has 0 heterocycles. The molecule has 0 saturated heterocycles. The van der Waals surface area contributed by atoms with E-state index in [2.05, 4.69) is 10.0 Å². The zero-order valence-corrected chi connectivity index (χ0v) is 17.9. The lowest BCUT2D eigenvalue weighted by molar-refractivity contribution is 0.0960. The number of ether oxygens (including phenoxy) is 3. The Morgan fingerprint density at radius 1 is 1.00 bits per heavy atom. The van der Waals surface area contributed by atoms with Gasteiger partial charge in [0, 0.05) is 13.6 Å². The minimum atomic E-state index is -3.85. The van der Waals surface area contributed by atoms with Crippen molar-refractivity contribution in [2.45, 2.75) is 31.4 Å². The Morgan fingerprint density at radius 2 is 1.66 bits per heavy atom. The van der Waals surface area contributed by atoms with Crippen molar-refractivity contribution in [1.82, 2.24) is 10.0 Å². The van der Waals surface area contributed by atoms with E-state index in [9.17, 15) is 13.2 Å². The van der Waals surface area contributed by atoms with Crippen molar-refractivity contribution in [2.24, 2.45) is 0 Å². The molecule has 2 aromatic rings. The number of hydrogen-bond donors (Lipinski definition) is 2. The third kappa shape index (κ3) is 5.61. The topological polar surface area (TPSA) is 103 Å². The van der Waals surface area contributed by atoms with Crippen LogP contribution >= 0.6 is 0 Å². The molecular weight excluding hydrogens is 396 g/mol. The van der Waals surface area contributed by atoms with Crippen molar-refractivity contribution >= 4 is 15.9 Å². The largest absolute Gasteiger partial charge is 0.496 e. The van der Waals surface area contributed by atoms with E-state index >= 15 is 0 Å². The van der Waals surface area contributed by atoms with Gasteiger partial charge in [0.05, 0.1) is 30.8 Å². The van der Waals surface area contributed by atoms with Gasteiger partial charge in [-0.25, -0.2) is 13.1 Å². The molecule has 9 heteroatoms. The maximum atomic E-state index is 12.7. The molecule has 0 aromatic heterocycles. The van der Waals surface area contributed by atoms with Gasteiger partial charge in [-0.3, -0.25) is 4.79 Å². The third-order valence-corrected chi connectivity index (χ3v) is 5.41. The standard InChI is InChI=1S/C20H26N2O6S/c1-13(2)28-18-8-6-14(10-19(18)27-5)12-22-29(24,25)15-7-9-17(26-4)16(11-15)20(23)21-3/h6-11,13,22H,12H2,1-5H3,(H,21,23). The van der Waals surface area contributed by atoms with Crippen molar-refractivity contribution in [3.05, 3.63) is 47.5 Å². The number of carbonyl (C=O) groups excluding carboxylic acids is 1. The molecule has 1 amide bonds. The van der Waals surface area contributed by atoms with Gasteiger partial charge < -0.3 is 19.5 Å². The number of rotatable bonds is 9. The summed E-state index contributed by atoms with van der Waals surface area (Å²) in [5.41, 5.74) is 0.830. The fraction of sp³-hybridized carbons (Fsp3) is 0.350. The number of carbonyl (C=O) groups is 1. The van der Waals surface area contributed by atoms with Gasteiger partial charge in [0.15, 0.2) is 11.5 Å². The van der Waals surface area contributed by atoms with Crippen LogP contribution in [0.3, 0.4) is 0 Å². The second-order valence-corrected chi connectivity index (χ2v) is 8.18. The highest BCUT2D eigenvalue weighted by Gasteiger charge is 2.19. The molecule has 8 nitrogen and oxygen atoms in total. The van der Waals surface area contributed by atoms with Crippen molar-refractivity contribution in [2.75, 3.05) is 21.3 Å². The lowest BCUT2D eigenvalue weighted by Crippen LogP contribution is -2.24. The quantitative estimate of drug-likeness (QED) is 0.643. The molecule has 2 aromatic carbocycles. The van der Waals surface area contributed by atoms with Crippen molar-refractivity contribution in [1.29, 1.82) is 0 Å². The SMILES string of the molecule is CNC(=O)c1cc(S(=O)(=O)NCc2ccc(OC(C)C)c(OC)c2)ccc1OC. The molecule has 0 fully saturated rings. The molecule has 0 aliphatic heterocycles. The van der Waals surface area contributed by atoms with Crippen LogP contribution in [0.1, 0.15) is 29.8 Å². The van der Waals surface area contributed by atoms with Crippen LogP contribution in [-0.2, 0) is 16.6 Å². The molecule has 0 radical (unpaired) electrons. The average Bonchev–Trinajstić information content (AvgIpc) is 2.71. The Labute approximate surface area is 171 Å². The Bertz CT molecular complexity index is 973. The first kappa shape index (κ1) is 22.5. The van der Waals surface area contributed by atoms with E-state index in [0.29, 0.717) is 17.1 Å². The van der Waals surface area contributed by atoms with Gasteiger partial charge in [-0.2, -0.15) is 0 Å². The van der Waals surface area contributed by atoms with Crippen molar-refractivity contribution in [3.8, 4) is 17.2 Å². The van der Waals surface area contributed by atoms with Gasteiger partial charge in [0.1, 0.15) is 5.75 Å². The van der Waals surface area contributed by atoms with E-state index in [1.165, 1.54) is 39.5 Å². The highest BCUT2D eigenvalue weighted by molar-refractivity contribution is 7.89. The van der Waals surface area contributed by atoms with E-state index in [4.69, 9.17) is 14.2 Å². The van der Waals surface area contributed by atoms with Crippen molar-refractivity contribution in [3.63, 3.8) is 0 Å². The Hall–Kier alpha value is -2.78. The highest BCUT2D eigenvalue weighted by atomic mass is 32.2. The molecule has 2 N–H and O–H groups in total. The van der Waals surface area contributed by atoms with Gasteiger partial charge in [0.25, 0.3) is 5.91 Å². The zero-order chi connectivity index (χ0) is 21.6. The summed E-state index contributed by atoms with van der Waals surface area (Å²) in [5, 5.41) is 2.46. The number of amides is 1. The van der Waals surface area contributed by atoms with Crippen LogP contribution in [0.4, 0.5) is 0 Å². The van der Waals surface area contributed by atoms with E-state index in [1.54, 1.807) is 18.2 Å². The monoisotopic (exact) mass is 422 g/mol. The summed E-state index contributed by atoms with van der Waals surface area (Å²) >= 11 is 0. The van der Waals surface area contributed by atoms with Gasteiger partial charge in [-0.1, -0.05) is 6.07 Å². The Balaban J connectivity index is 2.23. The van der Waals surface area contributed by atoms with E-state index in [0.717, 1.165) is 0 Å². The summed E-state index contributed by atoms with van der Waals surface area (Å²) < 4.78 is 44.0. The first-order valence-electron chi connectivity index (χ1n) is 8.95. The number of nitrogens with one attached hydrogen (secondary N) is 2. The molecule has 0 bridgehead atoms. The molecule has 0 saturated carbocycles. The van der Waals surface area contributed by atoms with Crippen LogP contribution in [0.25, 0.3) is 0 Å². The summed E-state index contributed by atoms with van der Waals surface area (Å²) in [6.07, 6.45) is -0.0159. The van der Waals surface area contributed by atoms with Crippen LogP contribution in [0, 0.1) is 0 Å². The average molecular weight is 423 g/mol. The molecule has 158 valence electrons. The molecule has 0 aliphatic rings. The predicted molar refractivity (Wildman–Crippen MR) is 109 cm³/mol. The first-order chi connectivity index (χ1) is 13.7. The van der Waals surface area contributed by atoms with E-state index in [1.807, 2.05) is 13.8 Å². The summed E-state index contributed by atoms with van der Waals surface area (Å²) in [5.74, 6) is 0.944. The smallest absolute Gasteiger partial charge is 0.254 e. The van der Waals surface area contributed by atoms with Crippen LogP contribution < -0.4 is 24.2 Å². The Morgan fingerprint density at radius 3 is 2.24 bits per heavy atom. The number of hydrogen-bond acceptors (Lipinski definition) is 6. The second-order valence-electron chi connectivity index (χ2n) is 6.42. The maximum Gasteiger partial charge on any atom is 0.254 e. The molecule has 29 heavy (non-hydrogen) atoms. The predicted octanol–water partition coefficient (Wildman–Crippen LogP) is 2.33. The van der Waals surface area contributed by atoms with Crippen LogP contribution in [0.5, 0.6) is 17.2 Å². The molecule has 0 atom stereocenters. The van der Waals surface area contributed by atoms with Crippen molar-refractivity contribution < 1.29 is 27.4 Å². The van der Waals surface area contributed by atoms with Gasteiger partial charge in [0.2, 0.25) is 10.0 Å². The minimum Gasteiger partial charge on any atom is -0.496 e. The zero-order valence-electron chi connectivity index (χ0n) is 17.1. The second kappa shape index (κ2) is 9.62.